The molecule has 2 aliphatic rings. The number of rotatable bonds is 8. The highest BCUT2D eigenvalue weighted by Gasteiger charge is 2.34. The Hall–Kier alpha value is -4.12. The van der Waals surface area contributed by atoms with Gasteiger partial charge in [0.2, 0.25) is 0 Å². The molecule has 0 spiro atoms. The number of carboxylic acid groups (broad SMARTS) is 1. The molecule has 1 aliphatic carbocycles. The van der Waals surface area contributed by atoms with Crippen LogP contribution in [-0.4, -0.2) is 26.9 Å². The normalized spacial score (nSPS) is 19.8. The molecular formula is C33H35N3O2. The standard InChI is InChI=1S/C33H35N3O2/c1-5-24(8-17-32(37)38)7-6-22(2)33-31-16-13-27(29-20-34-35(4)21-29)19-28(31)18-23(3)36(33)30-14-11-26(12-15-30)25-9-10-25/h5-8,11-17,19-21,23,25,33H,2,9-10,18H2,1,3-4H3,(H,37,38)/b7-6-,17-8+,24-5+/t23-,33-/m1/s1. The number of nitrogens with zero attached hydrogens (tertiary/aromatic N) is 3. The molecule has 3 aromatic rings. The van der Waals surface area contributed by atoms with Gasteiger partial charge in [0, 0.05) is 36.6 Å². The Morgan fingerprint density at radius 2 is 1.79 bits per heavy atom. The van der Waals surface area contributed by atoms with Crippen molar-refractivity contribution in [1.29, 1.82) is 0 Å². The van der Waals surface area contributed by atoms with Gasteiger partial charge in [0.15, 0.2) is 0 Å². The van der Waals surface area contributed by atoms with E-state index in [2.05, 4.69) is 66.0 Å². The third-order valence-electron chi connectivity index (χ3n) is 7.58. The molecule has 0 saturated heterocycles. The summed E-state index contributed by atoms with van der Waals surface area (Å²) in [5.74, 6) is -0.238. The van der Waals surface area contributed by atoms with Crippen LogP contribution in [0.25, 0.3) is 11.1 Å². The molecule has 1 aromatic heterocycles. The quantitative estimate of drug-likeness (QED) is 0.261. The lowest BCUT2D eigenvalue weighted by Crippen LogP contribution is -2.43. The number of hydrogen-bond donors (Lipinski definition) is 1. The number of hydrogen-bond acceptors (Lipinski definition) is 3. The summed E-state index contributed by atoms with van der Waals surface area (Å²) >= 11 is 0. The largest absolute Gasteiger partial charge is 0.478 e. The van der Waals surface area contributed by atoms with E-state index in [-0.39, 0.29) is 12.1 Å². The minimum atomic E-state index is -0.961. The van der Waals surface area contributed by atoms with E-state index in [0.29, 0.717) is 0 Å². The van der Waals surface area contributed by atoms with Crippen LogP contribution in [-0.2, 0) is 18.3 Å². The Labute approximate surface area is 225 Å². The first-order chi connectivity index (χ1) is 18.3. The molecule has 1 fully saturated rings. The molecule has 5 heteroatoms. The van der Waals surface area contributed by atoms with Gasteiger partial charge in [-0.2, -0.15) is 5.10 Å². The second kappa shape index (κ2) is 10.7. The number of anilines is 1. The van der Waals surface area contributed by atoms with Crippen LogP contribution in [0.15, 0.2) is 103 Å². The monoisotopic (exact) mass is 505 g/mol. The van der Waals surface area contributed by atoms with E-state index in [9.17, 15) is 4.79 Å². The Bertz CT molecular complexity index is 1440. The third kappa shape index (κ3) is 5.42. The average Bonchev–Trinajstić information content (AvgIpc) is 3.67. The number of benzene rings is 2. The van der Waals surface area contributed by atoms with E-state index in [1.54, 1.807) is 6.08 Å². The van der Waals surface area contributed by atoms with Crippen molar-refractivity contribution in [1.82, 2.24) is 9.78 Å². The summed E-state index contributed by atoms with van der Waals surface area (Å²) in [6.45, 7) is 8.71. The van der Waals surface area contributed by atoms with Crippen LogP contribution in [0.5, 0.6) is 0 Å². The van der Waals surface area contributed by atoms with Crippen LogP contribution in [0.2, 0.25) is 0 Å². The number of aromatic nitrogens is 2. The van der Waals surface area contributed by atoms with E-state index in [0.717, 1.165) is 35.1 Å². The molecule has 5 rings (SSSR count). The van der Waals surface area contributed by atoms with E-state index in [4.69, 9.17) is 5.11 Å². The van der Waals surface area contributed by atoms with Gasteiger partial charge >= 0.3 is 5.97 Å². The van der Waals surface area contributed by atoms with Crippen LogP contribution in [0.1, 0.15) is 55.3 Å². The number of carboxylic acids is 1. The number of aliphatic carboxylic acids is 1. The van der Waals surface area contributed by atoms with Gasteiger partial charge < -0.3 is 10.0 Å². The molecule has 2 heterocycles. The molecule has 0 unspecified atom stereocenters. The highest BCUT2D eigenvalue weighted by molar-refractivity contribution is 5.80. The summed E-state index contributed by atoms with van der Waals surface area (Å²) in [7, 11) is 1.94. The third-order valence-corrected chi connectivity index (χ3v) is 7.58. The lowest BCUT2D eigenvalue weighted by molar-refractivity contribution is -0.131. The molecular weight excluding hydrogens is 470 g/mol. The molecule has 1 saturated carbocycles. The molecule has 1 N–H and O–H groups in total. The Kier molecular flexibility index (Phi) is 7.19. The highest BCUT2D eigenvalue weighted by Crippen LogP contribution is 2.44. The van der Waals surface area contributed by atoms with Crippen molar-refractivity contribution in [2.75, 3.05) is 4.90 Å². The number of aryl methyl sites for hydroxylation is 1. The smallest absolute Gasteiger partial charge is 0.328 e. The average molecular weight is 506 g/mol. The van der Waals surface area contributed by atoms with Crippen molar-refractivity contribution in [2.24, 2.45) is 7.05 Å². The maximum atomic E-state index is 11.0. The zero-order valence-corrected chi connectivity index (χ0v) is 22.3. The summed E-state index contributed by atoms with van der Waals surface area (Å²) in [4.78, 5) is 13.5. The van der Waals surface area contributed by atoms with Gasteiger partial charge in [0.05, 0.1) is 12.2 Å². The molecule has 2 aromatic carbocycles. The van der Waals surface area contributed by atoms with Gasteiger partial charge in [-0.1, -0.05) is 55.1 Å². The second-order valence-electron chi connectivity index (χ2n) is 10.4. The molecule has 0 radical (unpaired) electrons. The minimum Gasteiger partial charge on any atom is -0.478 e. The van der Waals surface area contributed by atoms with Crippen molar-refractivity contribution < 1.29 is 9.90 Å². The van der Waals surface area contributed by atoms with Crippen LogP contribution in [0, 0.1) is 0 Å². The number of carbonyl (C=O) groups is 1. The lowest BCUT2D eigenvalue weighted by Gasteiger charge is -2.44. The Balaban J connectivity index is 1.53. The van der Waals surface area contributed by atoms with Gasteiger partial charge in [-0.05, 0) is 90.6 Å². The maximum absolute atomic E-state index is 11.0. The first-order valence-corrected chi connectivity index (χ1v) is 13.3. The molecule has 194 valence electrons. The topological polar surface area (TPSA) is 58.4 Å². The Morgan fingerprint density at radius 3 is 2.42 bits per heavy atom. The van der Waals surface area contributed by atoms with Crippen LogP contribution in [0.3, 0.4) is 0 Å². The molecule has 0 bridgehead atoms. The fraction of sp³-hybridized carbons (Fsp3) is 0.273. The SMILES string of the molecule is C=C(\C=C/C(/C=C/C(=O)O)=C\C)[C@@H]1c2ccc(-c3cnn(C)c3)cc2C[C@@H](C)N1c1ccc(C2CC2)cc1. The summed E-state index contributed by atoms with van der Waals surface area (Å²) < 4.78 is 1.83. The van der Waals surface area contributed by atoms with Crippen LogP contribution in [0.4, 0.5) is 5.69 Å². The van der Waals surface area contributed by atoms with Crippen molar-refractivity contribution in [3.05, 3.63) is 120 Å². The van der Waals surface area contributed by atoms with Crippen LogP contribution < -0.4 is 4.90 Å². The second-order valence-corrected chi connectivity index (χ2v) is 10.4. The molecule has 1 aliphatic heterocycles. The zero-order valence-electron chi connectivity index (χ0n) is 22.3. The van der Waals surface area contributed by atoms with Crippen molar-refractivity contribution >= 4 is 11.7 Å². The van der Waals surface area contributed by atoms with Crippen molar-refractivity contribution in [3.8, 4) is 11.1 Å². The van der Waals surface area contributed by atoms with Crippen LogP contribution >= 0.6 is 0 Å². The fourth-order valence-corrected chi connectivity index (χ4v) is 5.45. The first kappa shape index (κ1) is 25.5. The van der Waals surface area contributed by atoms with Gasteiger partial charge in [0.25, 0.3) is 0 Å². The number of fused-ring (bicyclic) bond motifs is 1. The molecule has 2 atom stereocenters. The van der Waals surface area contributed by atoms with Crippen molar-refractivity contribution in [3.63, 3.8) is 0 Å². The molecule has 38 heavy (non-hydrogen) atoms. The van der Waals surface area contributed by atoms with Gasteiger partial charge in [-0.3, -0.25) is 4.68 Å². The lowest BCUT2D eigenvalue weighted by atomic mass is 9.83. The summed E-state index contributed by atoms with van der Waals surface area (Å²) in [6, 6.07) is 16.0. The predicted molar refractivity (Wildman–Crippen MR) is 154 cm³/mol. The summed E-state index contributed by atoms with van der Waals surface area (Å²) in [5, 5.41) is 13.4. The fourth-order valence-electron chi connectivity index (χ4n) is 5.45. The molecule has 5 nitrogen and oxygen atoms in total. The van der Waals surface area contributed by atoms with E-state index in [1.165, 1.54) is 40.8 Å². The van der Waals surface area contributed by atoms with E-state index in [1.807, 2.05) is 49.3 Å². The zero-order chi connectivity index (χ0) is 26.8. The van der Waals surface area contributed by atoms with Gasteiger partial charge in [-0.25, -0.2) is 4.79 Å². The first-order valence-electron chi connectivity index (χ1n) is 13.3. The van der Waals surface area contributed by atoms with Crippen molar-refractivity contribution in [2.45, 2.75) is 51.1 Å². The highest BCUT2D eigenvalue weighted by atomic mass is 16.4. The Morgan fingerprint density at radius 1 is 1.05 bits per heavy atom. The molecule has 0 amide bonds. The predicted octanol–water partition coefficient (Wildman–Crippen LogP) is 7.16. The maximum Gasteiger partial charge on any atom is 0.328 e. The van der Waals surface area contributed by atoms with Gasteiger partial charge in [0.1, 0.15) is 0 Å². The van der Waals surface area contributed by atoms with E-state index < -0.39 is 5.97 Å². The van der Waals surface area contributed by atoms with E-state index >= 15 is 0 Å². The summed E-state index contributed by atoms with van der Waals surface area (Å²) in [5.41, 5.74) is 9.26. The number of allylic oxidation sites excluding steroid dienone is 4. The van der Waals surface area contributed by atoms with Gasteiger partial charge in [-0.15, -0.1) is 0 Å². The summed E-state index contributed by atoms with van der Waals surface area (Å²) in [6.07, 6.45) is 16.1. The minimum absolute atomic E-state index is 0.0405.